The van der Waals surface area contributed by atoms with Gasteiger partial charge in [0, 0.05) is 11.3 Å². The zero-order valence-corrected chi connectivity index (χ0v) is 13.9. The molecular weight excluding hydrogens is 286 g/mol. The standard InChI is InChI=1S/C20H23NO2/c1-4-14(2)19(17-8-6-5-7-9-17)20(23)21-18-12-10-16(11-13-18)15(3)22/h5-14,19H,4H2,1-3H3,(H,21,23)/t14-,19+/m0/s1. The van der Waals surface area contributed by atoms with Crippen LogP contribution in [0, 0.1) is 5.92 Å². The molecule has 23 heavy (non-hydrogen) atoms. The zero-order chi connectivity index (χ0) is 16.8. The Hall–Kier alpha value is -2.42. The van der Waals surface area contributed by atoms with Crippen LogP contribution in [-0.2, 0) is 4.79 Å². The molecular formula is C20H23NO2. The number of anilines is 1. The molecule has 2 aromatic rings. The van der Waals surface area contributed by atoms with Gasteiger partial charge in [-0.15, -0.1) is 0 Å². The summed E-state index contributed by atoms with van der Waals surface area (Å²) in [6, 6.07) is 16.9. The van der Waals surface area contributed by atoms with E-state index < -0.39 is 0 Å². The first kappa shape index (κ1) is 16.9. The van der Waals surface area contributed by atoms with Gasteiger partial charge in [-0.25, -0.2) is 0 Å². The number of nitrogens with one attached hydrogen (secondary N) is 1. The number of carbonyl (C=O) groups is 2. The Labute approximate surface area is 137 Å². The molecule has 0 heterocycles. The molecule has 3 nitrogen and oxygen atoms in total. The highest BCUT2D eigenvalue weighted by molar-refractivity contribution is 5.97. The normalized spacial score (nSPS) is 13.2. The van der Waals surface area contributed by atoms with Crippen LogP contribution in [0.5, 0.6) is 0 Å². The molecule has 120 valence electrons. The van der Waals surface area contributed by atoms with Gasteiger partial charge in [-0.1, -0.05) is 50.6 Å². The molecule has 0 saturated carbocycles. The molecule has 0 aliphatic heterocycles. The largest absolute Gasteiger partial charge is 0.326 e. The van der Waals surface area contributed by atoms with Gasteiger partial charge in [0.1, 0.15) is 0 Å². The Morgan fingerprint density at radius 1 is 1.00 bits per heavy atom. The minimum atomic E-state index is -0.186. The van der Waals surface area contributed by atoms with Gasteiger partial charge in [-0.05, 0) is 42.7 Å². The number of benzene rings is 2. The molecule has 0 aliphatic rings. The quantitative estimate of drug-likeness (QED) is 0.789. The van der Waals surface area contributed by atoms with Crippen LogP contribution in [0.4, 0.5) is 5.69 Å². The molecule has 0 radical (unpaired) electrons. The van der Waals surface area contributed by atoms with Crippen molar-refractivity contribution in [1.29, 1.82) is 0 Å². The Bertz CT molecular complexity index is 662. The second-order valence-electron chi connectivity index (χ2n) is 5.90. The number of Topliss-reactive ketones (excluding diaryl/α,β-unsaturated/α-hetero) is 1. The van der Waals surface area contributed by atoms with E-state index in [0.717, 1.165) is 12.0 Å². The van der Waals surface area contributed by atoms with Crippen LogP contribution in [0.1, 0.15) is 49.0 Å². The Balaban J connectivity index is 2.19. The van der Waals surface area contributed by atoms with Crippen molar-refractivity contribution in [2.24, 2.45) is 5.92 Å². The Kier molecular flexibility index (Phi) is 5.69. The first-order chi connectivity index (χ1) is 11.0. The van der Waals surface area contributed by atoms with E-state index >= 15 is 0 Å². The number of ketones is 1. The van der Waals surface area contributed by atoms with Crippen molar-refractivity contribution in [1.82, 2.24) is 0 Å². The summed E-state index contributed by atoms with van der Waals surface area (Å²) in [5.41, 5.74) is 2.38. The molecule has 2 aromatic carbocycles. The fourth-order valence-corrected chi connectivity index (χ4v) is 2.64. The number of hydrogen-bond donors (Lipinski definition) is 1. The van der Waals surface area contributed by atoms with Gasteiger partial charge in [0.25, 0.3) is 0 Å². The van der Waals surface area contributed by atoms with E-state index in [0.29, 0.717) is 11.3 Å². The second-order valence-corrected chi connectivity index (χ2v) is 5.90. The number of carbonyl (C=O) groups excluding carboxylic acids is 2. The van der Waals surface area contributed by atoms with Crippen LogP contribution >= 0.6 is 0 Å². The highest BCUT2D eigenvalue weighted by Gasteiger charge is 2.25. The van der Waals surface area contributed by atoms with Gasteiger partial charge in [-0.3, -0.25) is 9.59 Å². The number of hydrogen-bond acceptors (Lipinski definition) is 2. The van der Waals surface area contributed by atoms with Crippen molar-refractivity contribution in [3.63, 3.8) is 0 Å². The first-order valence-corrected chi connectivity index (χ1v) is 7.99. The molecule has 0 aromatic heterocycles. The average molecular weight is 309 g/mol. The van der Waals surface area contributed by atoms with Gasteiger partial charge >= 0.3 is 0 Å². The third-order valence-corrected chi connectivity index (χ3v) is 4.21. The van der Waals surface area contributed by atoms with Crippen molar-refractivity contribution >= 4 is 17.4 Å². The molecule has 0 aliphatic carbocycles. The van der Waals surface area contributed by atoms with Crippen LogP contribution in [0.25, 0.3) is 0 Å². The van der Waals surface area contributed by atoms with Gasteiger partial charge in [-0.2, -0.15) is 0 Å². The van der Waals surface area contributed by atoms with Crippen molar-refractivity contribution in [2.75, 3.05) is 5.32 Å². The summed E-state index contributed by atoms with van der Waals surface area (Å²) in [7, 11) is 0. The molecule has 0 unspecified atom stereocenters. The molecule has 0 bridgehead atoms. The minimum Gasteiger partial charge on any atom is -0.326 e. The topological polar surface area (TPSA) is 46.2 Å². The molecule has 0 saturated heterocycles. The van der Waals surface area contributed by atoms with Crippen molar-refractivity contribution in [3.05, 3.63) is 65.7 Å². The van der Waals surface area contributed by atoms with E-state index in [1.54, 1.807) is 24.3 Å². The van der Waals surface area contributed by atoms with E-state index in [-0.39, 0.29) is 23.5 Å². The monoisotopic (exact) mass is 309 g/mol. The Morgan fingerprint density at radius 3 is 2.13 bits per heavy atom. The summed E-state index contributed by atoms with van der Waals surface area (Å²) < 4.78 is 0. The van der Waals surface area contributed by atoms with Crippen LogP contribution in [0.15, 0.2) is 54.6 Å². The summed E-state index contributed by atoms with van der Waals surface area (Å²) in [4.78, 5) is 24.1. The predicted octanol–water partition coefficient (Wildman–Crippen LogP) is 4.66. The smallest absolute Gasteiger partial charge is 0.232 e. The Morgan fingerprint density at radius 2 is 1.61 bits per heavy atom. The average Bonchev–Trinajstić information content (AvgIpc) is 2.56. The maximum Gasteiger partial charge on any atom is 0.232 e. The molecule has 1 amide bonds. The van der Waals surface area contributed by atoms with Crippen molar-refractivity contribution in [2.45, 2.75) is 33.1 Å². The number of amides is 1. The fourth-order valence-electron chi connectivity index (χ4n) is 2.64. The highest BCUT2D eigenvalue weighted by Crippen LogP contribution is 2.28. The molecule has 0 fully saturated rings. The summed E-state index contributed by atoms with van der Waals surface area (Å²) in [5, 5.41) is 2.97. The maximum absolute atomic E-state index is 12.8. The zero-order valence-electron chi connectivity index (χ0n) is 13.9. The van der Waals surface area contributed by atoms with E-state index in [1.807, 2.05) is 30.3 Å². The predicted molar refractivity (Wildman–Crippen MR) is 93.7 cm³/mol. The lowest BCUT2D eigenvalue weighted by Crippen LogP contribution is -2.26. The summed E-state index contributed by atoms with van der Waals surface area (Å²) in [6.07, 6.45) is 0.927. The lowest BCUT2D eigenvalue weighted by molar-refractivity contribution is -0.118. The summed E-state index contributed by atoms with van der Waals surface area (Å²) in [5.74, 6) is 0.0633. The van der Waals surface area contributed by atoms with Crippen LogP contribution < -0.4 is 5.32 Å². The number of rotatable bonds is 6. The third-order valence-electron chi connectivity index (χ3n) is 4.21. The molecule has 2 atom stereocenters. The fraction of sp³-hybridized carbons (Fsp3) is 0.300. The summed E-state index contributed by atoms with van der Waals surface area (Å²) >= 11 is 0. The summed E-state index contributed by atoms with van der Waals surface area (Å²) in [6.45, 7) is 5.72. The SMILES string of the molecule is CC[C@H](C)[C@@H](C(=O)Nc1ccc(C(C)=O)cc1)c1ccccc1. The lowest BCUT2D eigenvalue weighted by atomic mass is 9.85. The first-order valence-electron chi connectivity index (χ1n) is 7.99. The molecule has 1 N–H and O–H groups in total. The van der Waals surface area contributed by atoms with Crippen LogP contribution in [0.2, 0.25) is 0 Å². The third kappa shape index (κ3) is 4.28. The second kappa shape index (κ2) is 7.73. The van der Waals surface area contributed by atoms with Crippen molar-refractivity contribution in [3.8, 4) is 0 Å². The van der Waals surface area contributed by atoms with E-state index in [2.05, 4.69) is 19.2 Å². The van der Waals surface area contributed by atoms with Crippen LogP contribution in [-0.4, -0.2) is 11.7 Å². The van der Waals surface area contributed by atoms with Crippen molar-refractivity contribution < 1.29 is 9.59 Å². The molecule has 0 spiro atoms. The van der Waals surface area contributed by atoms with Gasteiger partial charge in [0.2, 0.25) is 5.91 Å². The van der Waals surface area contributed by atoms with Crippen LogP contribution in [0.3, 0.4) is 0 Å². The van der Waals surface area contributed by atoms with Gasteiger partial charge < -0.3 is 5.32 Å². The molecule has 3 heteroatoms. The van der Waals surface area contributed by atoms with E-state index in [9.17, 15) is 9.59 Å². The van der Waals surface area contributed by atoms with Gasteiger partial charge in [0.15, 0.2) is 5.78 Å². The maximum atomic E-state index is 12.8. The van der Waals surface area contributed by atoms with Gasteiger partial charge in [0.05, 0.1) is 5.92 Å². The molecule has 2 rings (SSSR count). The minimum absolute atomic E-state index is 0.0128. The lowest BCUT2D eigenvalue weighted by Gasteiger charge is -2.22. The van der Waals surface area contributed by atoms with E-state index in [1.165, 1.54) is 6.92 Å². The van der Waals surface area contributed by atoms with E-state index in [4.69, 9.17) is 0 Å². The highest BCUT2D eigenvalue weighted by atomic mass is 16.2.